The third-order valence-electron chi connectivity index (χ3n) is 3.32. The molecule has 1 aliphatic carbocycles. The van der Waals surface area contributed by atoms with Crippen LogP contribution in [0.1, 0.15) is 19.3 Å². The van der Waals surface area contributed by atoms with Crippen LogP contribution < -0.4 is 4.72 Å². The smallest absolute Gasteiger partial charge is 0.255 e. The molecule has 0 amide bonds. The highest BCUT2D eigenvalue weighted by Gasteiger charge is 2.42. The first kappa shape index (κ1) is 14.3. The predicted molar refractivity (Wildman–Crippen MR) is 73.5 cm³/mol. The molecule has 0 unspecified atom stereocenters. The van der Waals surface area contributed by atoms with E-state index in [1.165, 1.54) is 10.9 Å². The van der Waals surface area contributed by atoms with Crippen molar-refractivity contribution < 1.29 is 8.42 Å². The van der Waals surface area contributed by atoms with E-state index in [0.717, 1.165) is 24.6 Å². The number of aromatic nitrogens is 2. The summed E-state index contributed by atoms with van der Waals surface area (Å²) in [6.45, 7) is 0.461. The van der Waals surface area contributed by atoms with Gasteiger partial charge < -0.3 is 0 Å². The Hall–Kier alpha value is -0.110. The summed E-state index contributed by atoms with van der Waals surface area (Å²) < 4.78 is 28.2. The molecule has 1 fully saturated rings. The number of halogens is 2. The lowest BCUT2D eigenvalue weighted by molar-refractivity contribution is 0.477. The van der Waals surface area contributed by atoms with Crippen LogP contribution >= 0.6 is 27.5 Å². The molecule has 1 aliphatic rings. The molecule has 1 aromatic rings. The highest BCUT2D eigenvalue weighted by molar-refractivity contribution is 9.09. The number of sulfonamides is 1. The predicted octanol–water partition coefficient (Wildman–Crippen LogP) is 1.92. The van der Waals surface area contributed by atoms with Crippen molar-refractivity contribution in [3.63, 3.8) is 0 Å². The number of alkyl halides is 1. The van der Waals surface area contributed by atoms with Crippen molar-refractivity contribution in [1.82, 2.24) is 14.5 Å². The first-order chi connectivity index (χ1) is 8.40. The van der Waals surface area contributed by atoms with Gasteiger partial charge in [-0.1, -0.05) is 27.5 Å². The maximum absolute atomic E-state index is 12.1. The molecule has 0 saturated heterocycles. The molecular weight excluding hydrogens is 342 g/mol. The third kappa shape index (κ3) is 2.89. The van der Waals surface area contributed by atoms with Crippen LogP contribution in [0.2, 0.25) is 5.02 Å². The van der Waals surface area contributed by atoms with E-state index in [1.54, 1.807) is 7.05 Å². The van der Waals surface area contributed by atoms with E-state index in [2.05, 4.69) is 25.8 Å². The standard InChI is InChI=1S/C10H15BrClN3O2S/c1-15-9(8(12)6-13-15)18(16,17)14-7-10(2-3-10)4-5-11/h6,14H,2-5,7H2,1H3. The van der Waals surface area contributed by atoms with Crippen LogP contribution in [-0.2, 0) is 17.1 Å². The van der Waals surface area contributed by atoms with Crippen LogP contribution in [-0.4, -0.2) is 30.1 Å². The van der Waals surface area contributed by atoms with Crippen molar-refractivity contribution in [3.05, 3.63) is 11.2 Å². The van der Waals surface area contributed by atoms with Crippen LogP contribution in [0.3, 0.4) is 0 Å². The van der Waals surface area contributed by atoms with Gasteiger partial charge in [0.05, 0.1) is 11.2 Å². The fraction of sp³-hybridized carbons (Fsp3) is 0.700. The summed E-state index contributed by atoms with van der Waals surface area (Å²) in [6.07, 6.45) is 4.45. The lowest BCUT2D eigenvalue weighted by atomic mass is 10.1. The molecule has 1 heterocycles. The summed E-state index contributed by atoms with van der Waals surface area (Å²) >= 11 is 9.24. The molecule has 0 bridgehead atoms. The summed E-state index contributed by atoms with van der Waals surface area (Å²) in [4.78, 5) is 0. The normalized spacial score (nSPS) is 17.9. The minimum absolute atomic E-state index is 0.0267. The average Bonchev–Trinajstić information content (AvgIpc) is 2.97. The quantitative estimate of drug-likeness (QED) is 0.792. The second kappa shape index (κ2) is 5.11. The van der Waals surface area contributed by atoms with Gasteiger partial charge in [-0.3, -0.25) is 4.68 Å². The molecule has 1 saturated carbocycles. The van der Waals surface area contributed by atoms with Gasteiger partial charge in [-0.05, 0) is 24.7 Å². The van der Waals surface area contributed by atoms with E-state index < -0.39 is 10.0 Å². The molecule has 8 heteroatoms. The lowest BCUT2D eigenvalue weighted by Gasteiger charge is -2.14. The van der Waals surface area contributed by atoms with Gasteiger partial charge in [0.1, 0.15) is 0 Å². The van der Waals surface area contributed by atoms with Crippen LogP contribution in [0, 0.1) is 5.41 Å². The van der Waals surface area contributed by atoms with Crippen LogP contribution in [0.15, 0.2) is 11.2 Å². The molecule has 0 aliphatic heterocycles. The minimum Gasteiger partial charge on any atom is -0.255 e. The summed E-state index contributed by atoms with van der Waals surface area (Å²) in [5.74, 6) is 0. The van der Waals surface area contributed by atoms with Crippen molar-refractivity contribution in [2.24, 2.45) is 12.5 Å². The fourth-order valence-corrected chi connectivity index (χ4v) is 4.56. The SMILES string of the molecule is Cn1ncc(Cl)c1S(=O)(=O)NCC1(CCBr)CC1. The number of nitrogens with zero attached hydrogens (tertiary/aromatic N) is 2. The zero-order valence-corrected chi connectivity index (χ0v) is 13.1. The maximum Gasteiger partial charge on any atom is 0.259 e. The Balaban J connectivity index is 2.09. The summed E-state index contributed by atoms with van der Waals surface area (Å²) in [6, 6.07) is 0. The highest BCUT2D eigenvalue weighted by atomic mass is 79.9. The molecule has 0 radical (unpaired) electrons. The Morgan fingerprint density at radius 3 is 2.72 bits per heavy atom. The topological polar surface area (TPSA) is 64.0 Å². The molecule has 102 valence electrons. The van der Waals surface area contributed by atoms with Gasteiger partial charge >= 0.3 is 0 Å². The van der Waals surface area contributed by atoms with E-state index in [9.17, 15) is 8.42 Å². The van der Waals surface area contributed by atoms with E-state index >= 15 is 0 Å². The second-order valence-corrected chi connectivity index (χ2v) is 7.57. The number of hydrogen-bond acceptors (Lipinski definition) is 3. The highest BCUT2D eigenvalue weighted by Crippen LogP contribution is 2.48. The Labute approximate surface area is 120 Å². The molecule has 5 nitrogen and oxygen atoms in total. The Morgan fingerprint density at radius 1 is 1.61 bits per heavy atom. The van der Waals surface area contributed by atoms with Crippen LogP contribution in [0.25, 0.3) is 0 Å². The van der Waals surface area contributed by atoms with E-state index in [-0.39, 0.29) is 15.5 Å². The van der Waals surface area contributed by atoms with E-state index in [1.807, 2.05) is 0 Å². The number of hydrogen-bond donors (Lipinski definition) is 1. The summed E-state index contributed by atoms with van der Waals surface area (Å²) in [5, 5.41) is 4.90. The molecule has 1 aromatic heterocycles. The largest absolute Gasteiger partial charge is 0.259 e. The van der Waals surface area contributed by atoms with E-state index in [4.69, 9.17) is 11.6 Å². The van der Waals surface area contributed by atoms with Crippen LogP contribution in [0.5, 0.6) is 0 Å². The lowest BCUT2D eigenvalue weighted by Crippen LogP contribution is -2.32. The van der Waals surface area contributed by atoms with Crippen molar-refractivity contribution >= 4 is 37.6 Å². The zero-order chi connectivity index (χ0) is 13.4. The van der Waals surface area contributed by atoms with Crippen molar-refractivity contribution in [3.8, 4) is 0 Å². The Kier molecular flexibility index (Phi) is 4.06. The second-order valence-electron chi connectivity index (χ2n) is 4.68. The minimum atomic E-state index is -3.59. The van der Waals surface area contributed by atoms with E-state index in [0.29, 0.717) is 6.54 Å². The third-order valence-corrected chi connectivity index (χ3v) is 5.62. The fourth-order valence-electron chi connectivity index (χ4n) is 1.91. The molecular formula is C10H15BrClN3O2S. The summed E-state index contributed by atoms with van der Waals surface area (Å²) in [7, 11) is -2.03. The number of nitrogens with one attached hydrogen (secondary N) is 1. The maximum atomic E-state index is 12.1. The molecule has 0 aromatic carbocycles. The average molecular weight is 357 g/mol. The molecule has 0 spiro atoms. The molecule has 2 rings (SSSR count). The van der Waals surface area contributed by atoms with Gasteiger partial charge in [0.15, 0.2) is 5.03 Å². The van der Waals surface area contributed by atoms with Gasteiger partial charge in [-0.15, -0.1) is 0 Å². The van der Waals surface area contributed by atoms with Crippen molar-refractivity contribution in [2.75, 3.05) is 11.9 Å². The van der Waals surface area contributed by atoms with Gasteiger partial charge in [0.2, 0.25) is 0 Å². The van der Waals surface area contributed by atoms with Gasteiger partial charge in [-0.25, -0.2) is 13.1 Å². The van der Waals surface area contributed by atoms with Crippen molar-refractivity contribution in [1.29, 1.82) is 0 Å². The number of aryl methyl sites for hydroxylation is 1. The first-order valence-corrected chi connectivity index (χ1v) is 8.62. The summed E-state index contributed by atoms with van der Waals surface area (Å²) in [5.41, 5.74) is 0.127. The van der Waals surface area contributed by atoms with Gasteiger partial charge in [0, 0.05) is 18.9 Å². The Bertz CT molecular complexity index is 520. The van der Waals surface area contributed by atoms with Crippen molar-refractivity contribution in [2.45, 2.75) is 24.3 Å². The van der Waals surface area contributed by atoms with Crippen LogP contribution in [0.4, 0.5) is 0 Å². The monoisotopic (exact) mass is 355 g/mol. The van der Waals surface area contributed by atoms with Gasteiger partial charge in [-0.2, -0.15) is 5.10 Å². The van der Waals surface area contributed by atoms with Gasteiger partial charge in [0.25, 0.3) is 10.0 Å². The molecule has 1 N–H and O–H groups in total. The first-order valence-electron chi connectivity index (χ1n) is 5.63. The Morgan fingerprint density at radius 2 is 2.28 bits per heavy atom. The molecule has 18 heavy (non-hydrogen) atoms. The zero-order valence-electron chi connectivity index (χ0n) is 9.99. The molecule has 0 atom stereocenters. The number of rotatable bonds is 6.